The van der Waals surface area contributed by atoms with Gasteiger partial charge in [0.25, 0.3) is 0 Å². The van der Waals surface area contributed by atoms with Gasteiger partial charge in [0.2, 0.25) is 0 Å². The Kier molecular flexibility index (Phi) is 2.92. The lowest BCUT2D eigenvalue weighted by Crippen LogP contribution is -2.49. The van der Waals surface area contributed by atoms with Crippen molar-refractivity contribution in [3.05, 3.63) is 0 Å². The molecule has 1 heterocycles. The van der Waals surface area contributed by atoms with Gasteiger partial charge in [0, 0.05) is 18.6 Å². The van der Waals surface area contributed by atoms with Crippen molar-refractivity contribution in [2.24, 2.45) is 11.8 Å². The van der Waals surface area contributed by atoms with Gasteiger partial charge in [-0.25, -0.2) is 4.79 Å². The second-order valence-corrected chi connectivity index (χ2v) is 5.98. The van der Waals surface area contributed by atoms with E-state index in [2.05, 4.69) is 5.32 Å². The van der Waals surface area contributed by atoms with Crippen LogP contribution in [0.1, 0.15) is 38.5 Å². The summed E-state index contributed by atoms with van der Waals surface area (Å²) in [4.78, 5) is 24.9. The minimum atomic E-state index is -0.824. The normalized spacial score (nSPS) is 31.4. The van der Waals surface area contributed by atoms with Gasteiger partial charge in [-0.1, -0.05) is 0 Å². The summed E-state index contributed by atoms with van der Waals surface area (Å²) in [6.07, 6.45) is 5.65. The molecule has 1 saturated heterocycles. The molecule has 0 aromatic heterocycles. The smallest absolute Gasteiger partial charge is 0.317 e. The number of carboxylic acid groups (broad SMARTS) is 1. The maximum absolute atomic E-state index is 12.2. The molecule has 3 atom stereocenters. The number of carbonyl (C=O) groups is 2. The standard InChI is InChI=1S/C13H20N2O3/c16-12(17)6-11(9-2-3-9)14-13(18)15-7-8-1-4-10(15)5-8/h8-11H,1-7H2,(H,14,18)(H,16,17). The fourth-order valence-electron chi connectivity index (χ4n) is 3.44. The first kappa shape index (κ1) is 11.8. The van der Waals surface area contributed by atoms with Crippen LogP contribution in [0.3, 0.4) is 0 Å². The van der Waals surface area contributed by atoms with Gasteiger partial charge in [-0.05, 0) is 43.9 Å². The van der Waals surface area contributed by atoms with Crippen molar-refractivity contribution in [1.82, 2.24) is 10.2 Å². The van der Waals surface area contributed by atoms with Crippen LogP contribution in [0.2, 0.25) is 0 Å². The van der Waals surface area contributed by atoms with Crippen LogP contribution in [0.15, 0.2) is 0 Å². The van der Waals surface area contributed by atoms with Crippen molar-refractivity contribution in [2.75, 3.05) is 6.54 Å². The van der Waals surface area contributed by atoms with Crippen molar-refractivity contribution in [1.29, 1.82) is 0 Å². The SMILES string of the molecule is O=C(O)CC(NC(=O)N1CC2CCC1C2)C1CC1. The summed E-state index contributed by atoms with van der Waals surface area (Å²) in [5, 5.41) is 11.8. The number of nitrogens with one attached hydrogen (secondary N) is 1. The van der Waals surface area contributed by atoms with Crippen LogP contribution in [0, 0.1) is 11.8 Å². The summed E-state index contributed by atoms with van der Waals surface area (Å²) in [6.45, 7) is 0.862. The van der Waals surface area contributed by atoms with E-state index in [1.807, 2.05) is 4.90 Å². The Hall–Kier alpha value is -1.26. The lowest BCUT2D eigenvalue weighted by atomic mass is 10.1. The minimum Gasteiger partial charge on any atom is -0.481 e. The fourth-order valence-corrected chi connectivity index (χ4v) is 3.44. The zero-order chi connectivity index (χ0) is 12.7. The average molecular weight is 252 g/mol. The third-order valence-corrected chi connectivity index (χ3v) is 4.56. The predicted octanol–water partition coefficient (Wildman–Crippen LogP) is 1.43. The Morgan fingerprint density at radius 3 is 2.56 bits per heavy atom. The van der Waals surface area contributed by atoms with E-state index < -0.39 is 5.97 Å². The van der Waals surface area contributed by atoms with Gasteiger partial charge in [0.15, 0.2) is 0 Å². The number of carboxylic acids is 1. The van der Waals surface area contributed by atoms with Gasteiger partial charge < -0.3 is 15.3 Å². The van der Waals surface area contributed by atoms with Crippen molar-refractivity contribution >= 4 is 12.0 Å². The lowest BCUT2D eigenvalue weighted by molar-refractivity contribution is -0.137. The van der Waals surface area contributed by atoms with E-state index in [9.17, 15) is 9.59 Å². The van der Waals surface area contributed by atoms with Crippen LogP contribution in [0.4, 0.5) is 4.79 Å². The molecule has 5 heteroatoms. The van der Waals surface area contributed by atoms with E-state index in [4.69, 9.17) is 5.11 Å². The van der Waals surface area contributed by atoms with Crippen molar-refractivity contribution in [3.63, 3.8) is 0 Å². The molecule has 2 saturated carbocycles. The molecule has 1 aliphatic heterocycles. The summed E-state index contributed by atoms with van der Waals surface area (Å²) < 4.78 is 0. The number of rotatable bonds is 4. The molecule has 100 valence electrons. The van der Waals surface area contributed by atoms with Gasteiger partial charge in [0.1, 0.15) is 0 Å². The highest BCUT2D eigenvalue weighted by molar-refractivity contribution is 5.77. The van der Waals surface area contributed by atoms with Gasteiger partial charge in [-0.2, -0.15) is 0 Å². The second-order valence-electron chi connectivity index (χ2n) is 5.98. The Morgan fingerprint density at radius 2 is 2.06 bits per heavy atom. The third-order valence-electron chi connectivity index (χ3n) is 4.56. The van der Waals surface area contributed by atoms with E-state index in [0.29, 0.717) is 17.9 Å². The number of likely N-dealkylation sites (tertiary alicyclic amines) is 1. The Morgan fingerprint density at radius 1 is 1.28 bits per heavy atom. The molecule has 2 amide bonds. The molecule has 0 radical (unpaired) electrons. The number of nitrogens with zero attached hydrogens (tertiary/aromatic N) is 1. The summed E-state index contributed by atoms with van der Waals surface area (Å²) >= 11 is 0. The fraction of sp³-hybridized carbons (Fsp3) is 0.846. The summed E-state index contributed by atoms with van der Waals surface area (Å²) in [5.74, 6) is 0.236. The molecule has 0 aromatic carbocycles. The van der Waals surface area contributed by atoms with Crippen LogP contribution >= 0.6 is 0 Å². The van der Waals surface area contributed by atoms with Crippen molar-refractivity contribution < 1.29 is 14.7 Å². The Labute approximate surface area is 107 Å². The van der Waals surface area contributed by atoms with Crippen molar-refractivity contribution in [3.8, 4) is 0 Å². The molecule has 18 heavy (non-hydrogen) atoms. The molecule has 5 nitrogen and oxygen atoms in total. The lowest BCUT2D eigenvalue weighted by Gasteiger charge is -2.29. The molecular formula is C13H20N2O3. The van der Waals surface area contributed by atoms with Crippen LogP contribution in [-0.2, 0) is 4.79 Å². The first-order valence-electron chi connectivity index (χ1n) is 6.92. The molecule has 3 aliphatic rings. The molecule has 2 bridgehead atoms. The molecule has 3 fully saturated rings. The number of urea groups is 1. The Balaban J connectivity index is 1.57. The van der Waals surface area contributed by atoms with Crippen LogP contribution in [-0.4, -0.2) is 40.6 Å². The monoisotopic (exact) mass is 252 g/mol. The zero-order valence-electron chi connectivity index (χ0n) is 10.5. The highest BCUT2D eigenvalue weighted by atomic mass is 16.4. The maximum Gasteiger partial charge on any atom is 0.317 e. The zero-order valence-corrected chi connectivity index (χ0v) is 10.5. The number of hydrogen-bond donors (Lipinski definition) is 2. The van der Waals surface area contributed by atoms with Gasteiger partial charge in [0.05, 0.1) is 6.42 Å². The molecule has 3 rings (SSSR count). The first-order valence-corrected chi connectivity index (χ1v) is 6.92. The van der Waals surface area contributed by atoms with Crippen LogP contribution in [0.5, 0.6) is 0 Å². The van der Waals surface area contributed by atoms with Gasteiger partial charge >= 0.3 is 12.0 Å². The molecule has 2 N–H and O–H groups in total. The number of aliphatic carboxylic acids is 1. The Bertz CT molecular complexity index is 367. The summed E-state index contributed by atoms with van der Waals surface area (Å²) in [7, 11) is 0. The topological polar surface area (TPSA) is 69.6 Å². The third kappa shape index (κ3) is 2.31. The highest BCUT2D eigenvalue weighted by Crippen LogP contribution is 2.38. The number of hydrogen-bond acceptors (Lipinski definition) is 2. The number of piperidine rings is 1. The molecule has 0 spiro atoms. The summed E-state index contributed by atoms with van der Waals surface area (Å²) in [5.41, 5.74) is 0. The summed E-state index contributed by atoms with van der Waals surface area (Å²) in [6, 6.07) is 0.189. The van der Waals surface area contributed by atoms with E-state index in [0.717, 1.165) is 32.2 Å². The number of carbonyl (C=O) groups excluding carboxylic acids is 1. The number of amides is 2. The number of fused-ring (bicyclic) bond motifs is 2. The first-order chi connectivity index (χ1) is 8.63. The maximum atomic E-state index is 12.2. The van der Waals surface area contributed by atoms with E-state index >= 15 is 0 Å². The highest BCUT2D eigenvalue weighted by Gasteiger charge is 2.42. The molecule has 3 unspecified atom stereocenters. The quantitative estimate of drug-likeness (QED) is 0.795. The van der Waals surface area contributed by atoms with E-state index in [1.54, 1.807) is 0 Å². The second kappa shape index (κ2) is 4.44. The van der Waals surface area contributed by atoms with Crippen LogP contribution in [0.25, 0.3) is 0 Å². The largest absolute Gasteiger partial charge is 0.481 e. The molecule has 2 aliphatic carbocycles. The average Bonchev–Trinajstić information content (AvgIpc) is 2.95. The van der Waals surface area contributed by atoms with E-state index in [1.165, 1.54) is 6.42 Å². The predicted molar refractivity (Wildman–Crippen MR) is 65.1 cm³/mol. The molecule has 0 aromatic rings. The van der Waals surface area contributed by atoms with E-state index in [-0.39, 0.29) is 18.5 Å². The minimum absolute atomic E-state index is 0.0413. The van der Waals surface area contributed by atoms with Crippen LogP contribution < -0.4 is 5.32 Å². The molecular weight excluding hydrogens is 232 g/mol. The van der Waals surface area contributed by atoms with Gasteiger partial charge in [-0.15, -0.1) is 0 Å². The van der Waals surface area contributed by atoms with Gasteiger partial charge in [-0.3, -0.25) is 4.79 Å². The van der Waals surface area contributed by atoms with Crippen molar-refractivity contribution in [2.45, 2.75) is 50.6 Å².